The summed E-state index contributed by atoms with van der Waals surface area (Å²) in [6.45, 7) is 10.6. The predicted molar refractivity (Wildman–Crippen MR) is 134 cm³/mol. The Kier molecular flexibility index (Phi) is 6.75. The number of esters is 1. The Balaban J connectivity index is 1.56. The fraction of sp³-hybridized carbons (Fsp3) is 0.379. The number of benzene rings is 2. The Morgan fingerprint density at radius 2 is 1.74 bits per heavy atom. The fourth-order valence-electron chi connectivity index (χ4n) is 4.73. The number of ether oxygens (including phenoxy) is 2. The molecule has 0 radical (unpaired) electrons. The Hall–Kier alpha value is -3.54. The SMILES string of the molecule is COC(=O)C(NC(=O)c1ccc(Cc2c(C)c(C)c3c(c2C)CCC(C)(C)O3)o1)c1ccccc1. The standard InChI is InChI=1S/C29H33NO5/c1-17-18(2)26-22(14-15-29(4,5)35-26)19(3)23(17)16-21-12-13-24(34-21)27(31)30-25(28(32)33-6)20-10-8-7-9-11-20/h7-13,25H,14-16H2,1-6H3,(H,30,31). The van der Waals surface area contributed by atoms with Crippen LogP contribution < -0.4 is 10.1 Å². The molecule has 0 fully saturated rings. The molecule has 1 N–H and O–H groups in total. The lowest BCUT2D eigenvalue weighted by atomic mass is 9.84. The van der Waals surface area contributed by atoms with Gasteiger partial charge in [-0.15, -0.1) is 0 Å². The van der Waals surface area contributed by atoms with Crippen LogP contribution in [0.1, 0.15) is 76.0 Å². The Labute approximate surface area is 206 Å². The molecule has 6 heteroatoms. The van der Waals surface area contributed by atoms with E-state index in [1.54, 1.807) is 30.3 Å². The first-order valence-electron chi connectivity index (χ1n) is 11.9. The van der Waals surface area contributed by atoms with Crippen molar-refractivity contribution < 1.29 is 23.5 Å². The highest BCUT2D eigenvalue weighted by molar-refractivity contribution is 5.94. The number of fused-ring (bicyclic) bond motifs is 1. The first-order valence-corrected chi connectivity index (χ1v) is 11.9. The molecular formula is C29H33NO5. The molecule has 1 amide bonds. The summed E-state index contributed by atoms with van der Waals surface area (Å²) in [4.78, 5) is 25.2. The maximum Gasteiger partial charge on any atom is 0.333 e. The number of hydrogen-bond donors (Lipinski definition) is 1. The van der Waals surface area contributed by atoms with Gasteiger partial charge in [-0.05, 0) is 93.0 Å². The van der Waals surface area contributed by atoms with Gasteiger partial charge in [-0.1, -0.05) is 30.3 Å². The molecule has 0 saturated heterocycles. The van der Waals surface area contributed by atoms with E-state index in [2.05, 4.69) is 39.9 Å². The number of methoxy groups -OCH3 is 1. The van der Waals surface area contributed by atoms with E-state index in [-0.39, 0.29) is 11.4 Å². The van der Waals surface area contributed by atoms with Crippen molar-refractivity contribution in [3.05, 3.63) is 87.4 Å². The van der Waals surface area contributed by atoms with Crippen molar-refractivity contribution in [2.45, 2.75) is 65.5 Å². The second-order valence-corrected chi connectivity index (χ2v) is 9.81. The molecule has 3 aromatic rings. The van der Waals surface area contributed by atoms with E-state index in [1.807, 2.05) is 12.1 Å². The van der Waals surface area contributed by atoms with Crippen LogP contribution in [0.4, 0.5) is 0 Å². The van der Waals surface area contributed by atoms with Gasteiger partial charge in [0.1, 0.15) is 17.1 Å². The topological polar surface area (TPSA) is 77.8 Å². The summed E-state index contributed by atoms with van der Waals surface area (Å²) in [6.07, 6.45) is 2.51. The maximum absolute atomic E-state index is 12.9. The van der Waals surface area contributed by atoms with Crippen LogP contribution in [0.25, 0.3) is 0 Å². The number of carbonyl (C=O) groups excluding carboxylic acids is 2. The zero-order valence-electron chi connectivity index (χ0n) is 21.3. The van der Waals surface area contributed by atoms with Crippen LogP contribution in [0.2, 0.25) is 0 Å². The van der Waals surface area contributed by atoms with Crippen LogP contribution in [-0.4, -0.2) is 24.6 Å². The van der Waals surface area contributed by atoms with Crippen LogP contribution in [0.15, 0.2) is 46.9 Å². The third-order valence-electron chi connectivity index (χ3n) is 6.97. The summed E-state index contributed by atoms with van der Waals surface area (Å²) >= 11 is 0. The molecule has 0 spiro atoms. The van der Waals surface area contributed by atoms with Crippen LogP contribution in [-0.2, 0) is 22.4 Å². The molecule has 4 rings (SSSR count). The Bertz CT molecular complexity index is 1260. The summed E-state index contributed by atoms with van der Waals surface area (Å²) in [5.41, 5.74) is 6.48. The monoisotopic (exact) mass is 475 g/mol. The van der Waals surface area contributed by atoms with Crippen molar-refractivity contribution >= 4 is 11.9 Å². The van der Waals surface area contributed by atoms with Gasteiger partial charge in [-0.3, -0.25) is 4.79 Å². The molecule has 0 aliphatic carbocycles. The molecule has 6 nitrogen and oxygen atoms in total. The minimum absolute atomic E-state index is 0.153. The minimum Gasteiger partial charge on any atom is -0.487 e. The van der Waals surface area contributed by atoms with Gasteiger partial charge in [0, 0.05) is 6.42 Å². The van der Waals surface area contributed by atoms with E-state index in [4.69, 9.17) is 13.9 Å². The van der Waals surface area contributed by atoms with Gasteiger partial charge < -0.3 is 19.2 Å². The van der Waals surface area contributed by atoms with Gasteiger partial charge in [-0.2, -0.15) is 0 Å². The number of rotatable bonds is 6. The lowest BCUT2D eigenvalue weighted by molar-refractivity contribution is -0.143. The van der Waals surface area contributed by atoms with Crippen molar-refractivity contribution in [1.29, 1.82) is 0 Å². The molecule has 1 atom stereocenters. The van der Waals surface area contributed by atoms with Crippen molar-refractivity contribution in [1.82, 2.24) is 5.32 Å². The highest BCUT2D eigenvalue weighted by Gasteiger charge is 2.31. The maximum atomic E-state index is 12.9. The third kappa shape index (κ3) is 4.97. The fourth-order valence-corrected chi connectivity index (χ4v) is 4.73. The number of amides is 1. The smallest absolute Gasteiger partial charge is 0.333 e. The summed E-state index contributed by atoms with van der Waals surface area (Å²) < 4.78 is 17.2. The van der Waals surface area contributed by atoms with Crippen molar-refractivity contribution in [3.8, 4) is 5.75 Å². The highest BCUT2D eigenvalue weighted by atomic mass is 16.5. The molecular weight excluding hydrogens is 442 g/mol. The average molecular weight is 476 g/mol. The molecule has 35 heavy (non-hydrogen) atoms. The largest absolute Gasteiger partial charge is 0.487 e. The van der Waals surface area contributed by atoms with Crippen molar-refractivity contribution in [2.24, 2.45) is 0 Å². The second-order valence-electron chi connectivity index (χ2n) is 9.81. The molecule has 1 aromatic heterocycles. The summed E-state index contributed by atoms with van der Waals surface area (Å²) in [5, 5.41) is 2.73. The van der Waals surface area contributed by atoms with Gasteiger partial charge in [0.05, 0.1) is 7.11 Å². The number of nitrogens with one attached hydrogen (secondary N) is 1. The van der Waals surface area contributed by atoms with Crippen LogP contribution in [0.5, 0.6) is 5.75 Å². The van der Waals surface area contributed by atoms with E-state index in [0.717, 1.165) is 24.2 Å². The minimum atomic E-state index is -0.917. The van der Waals surface area contributed by atoms with Gasteiger partial charge in [0.2, 0.25) is 0 Å². The summed E-state index contributed by atoms with van der Waals surface area (Å²) in [7, 11) is 1.30. The Morgan fingerprint density at radius 1 is 1.03 bits per heavy atom. The van der Waals surface area contributed by atoms with Crippen LogP contribution in [0, 0.1) is 20.8 Å². The van der Waals surface area contributed by atoms with Gasteiger partial charge in [-0.25, -0.2) is 4.79 Å². The Morgan fingerprint density at radius 3 is 2.43 bits per heavy atom. The lowest BCUT2D eigenvalue weighted by Gasteiger charge is -2.35. The highest BCUT2D eigenvalue weighted by Crippen LogP contribution is 2.41. The number of carbonyl (C=O) groups is 2. The summed E-state index contributed by atoms with van der Waals surface area (Å²) in [6, 6.07) is 11.5. The van der Waals surface area contributed by atoms with E-state index >= 15 is 0 Å². The lowest BCUT2D eigenvalue weighted by Crippen LogP contribution is -2.34. The quantitative estimate of drug-likeness (QED) is 0.474. The third-order valence-corrected chi connectivity index (χ3v) is 6.97. The second kappa shape index (κ2) is 9.61. The molecule has 1 aliphatic heterocycles. The van der Waals surface area contributed by atoms with E-state index in [1.165, 1.54) is 29.4 Å². The molecule has 0 bridgehead atoms. The molecule has 184 valence electrons. The van der Waals surface area contributed by atoms with Crippen molar-refractivity contribution in [2.75, 3.05) is 7.11 Å². The van der Waals surface area contributed by atoms with Gasteiger partial charge >= 0.3 is 5.97 Å². The molecule has 2 aromatic carbocycles. The molecule has 0 saturated carbocycles. The summed E-state index contributed by atoms with van der Waals surface area (Å²) in [5.74, 6) is 0.833. The number of furan rings is 1. The normalized spacial score (nSPS) is 15.0. The van der Waals surface area contributed by atoms with E-state index < -0.39 is 17.9 Å². The molecule has 2 heterocycles. The van der Waals surface area contributed by atoms with Crippen LogP contribution >= 0.6 is 0 Å². The first-order chi connectivity index (χ1) is 16.6. The number of hydrogen-bond acceptors (Lipinski definition) is 5. The van der Waals surface area contributed by atoms with Crippen LogP contribution in [0.3, 0.4) is 0 Å². The van der Waals surface area contributed by atoms with E-state index in [9.17, 15) is 9.59 Å². The van der Waals surface area contributed by atoms with Gasteiger partial charge in [0.15, 0.2) is 11.8 Å². The molecule has 1 unspecified atom stereocenters. The van der Waals surface area contributed by atoms with E-state index in [0.29, 0.717) is 17.7 Å². The first kappa shape index (κ1) is 24.6. The zero-order chi connectivity index (χ0) is 25.3. The zero-order valence-corrected chi connectivity index (χ0v) is 21.3. The van der Waals surface area contributed by atoms with Crippen molar-refractivity contribution in [3.63, 3.8) is 0 Å². The predicted octanol–water partition coefficient (Wildman–Crippen LogP) is 5.54. The van der Waals surface area contributed by atoms with Gasteiger partial charge in [0.25, 0.3) is 5.91 Å². The molecule has 1 aliphatic rings. The average Bonchev–Trinajstić information content (AvgIpc) is 3.32.